The summed E-state index contributed by atoms with van der Waals surface area (Å²) in [6.45, 7) is 3.34. The lowest BCUT2D eigenvalue weighted by molar-refractivity contribution is 0.191. The summed E-state index contributed by atoms with van der Waals surface area (Å²) in [5.74, 6) is 0.790. The molecule has 1 aliphatic rings. The van der Waals surface area contributed by atoms with Crippen molar-refractivity contribution in [3.05, 3.63) is 50.5 Å². The zero-order chi connectivity index (χ0) is 17.1. The number of anilines is 1. The van der Waals surface area contributed by atoms with Gasteiger partial charge in [-0.1, -0.05) is 23.2 Å². The molecular weight excluding hydrogens is 351 g/mol. The predicted octanol–water partition coefficient (Wildman–Crippen LogP) is 1.60. The molecule has 1 aliphatic heterocycles. The van der Waals surface area contributed by atoms with E-state index < -0.39 is 5.56 Å². The van der Waals surface area contributed by atoms with E-state index in [0.717, 1.165) is 32.0 Å². The smallest absolute Gasteiger partial charge is 0.288 e. The third-order valence-electron chi connectivity index (χ3n) is 3.85. The van der Waals surface area contributed by atoms with Crippen LogP contribution in [0.5, 0.6) is 0 Å². The first-order valence-electron chi connectivity index (χ1n) is 7.33. The Balaban J connectivity index is 1.64. The van der Waals surface area contributed by atoms with Crippen LogP contribution in [0.1, 0.15) is 5.56 Å². The van der Waals surface area contributed by atoms with E-state index in [-0.39, 0.29) is 10.0 Å². The molecule has 0 aliphatic carbocycles. The number of aromatic nitrogens is 3. The molecule has 0 amide bonds. The first-order chi connectivity index (χ1) is 11.6. The lowest BCUT2D eigenvalue weighted by Crippen LogP contribution is -2.48. The Morgan fingerprint density at radius 2 is 2.00 bits per heavy atom. The summed E-state index contributed by atoms with van der Waals surface area (Å²) in [7, 11) is 0. The van der Waals surface area contributed by atoms with E-state index in [1.165, 1.54) is 10.9 Å². The second-order valence-corrected chi connectivity index (χ2v) is 6.16. The first kappa shape index (κ1) is 16.7. The third kappa shape index (κ3) is 3.51. The second-order valence-electron chi connectivity index (χ2n) is 5.37. The van der Waals surface area contributed by atoms with Crippen molar-refractivity contribution in [3.8, 4) is 6.07 Å². The molecule has 7 nitrogen and oxygen atoms in total. The van der Waals surface area contributed by atoms with Crippen LogP contribution < -0.4 is 10.5 Å². The van der Waals surface area contributed by atoms with Gasteiger partial charge in [0.1, 0.15) is 10.8 Å². The van der Waals surface area contributed by atoms with Gasteiger partial charge >= 0.3 is 0 Å². The highest BCUT2D eigenvalue weighted by atomic mass is 35.5. The van der Waals surface area contributed by atoms with Gasteiger partial charge in [-0.05, 0) is 12.1 Å². The van der Waals surface area contributed by atoms with Crippen LogP contribution in [0.3, 0.4) is 0 Å². The Labute approximate surface area is 148 Å². The molecular formula is C15H14Cl2N6O. The van der Waals surface area contributed by atoms with Crippen LogP contribution in [0.4, 0.5) is 5.82 Å². The summed E-state index contributed by atoms with van der Waals surface area (Å²) in [5, 5.41) is 13.1. The Kier molecular flexibility index (Phi) is 5.00. The zero-order valence-corrected chi connectivity index (χ0v) is 14.2. The lowest BCUT2D eigenvalue weighted by atomic mass is 10.2. The van der Waals surface area contributed by atoms with E-state index in [1.807, 2.05) is 0 Å². The number of nitriles is 1. The van der Waals surface area contributed by atoms with Crippen LogP contribution in [0, 0.1) is 11.3 Å². The standard InChI is InChI=1S/C15H14Cl2N6O/c16-12-9-20-23(15(24)14(12)17)10-21-3-5-22(6-4-21)13-7-11(8-18)1-2-19-13/h1-2,7,9H,3-6,10H2. The molecule has 0 spiro atoms. The minimum absolute atomic E-state index is 0.0113. The maximum absolute atomic E-state index is 12.0. The highest BCUT2D eigenvalue weighted by Gasteiger charge is 2.19. The van der Waals surface area contributed by atoms with Gasteiger partial charge in [0.15, 0.2) is 0 Å². The van der Waals surface area contributed by atoms with Gasteiger partial charge in [-0.2, -0.15) is 10.4 Å². The summed E-state index contributed by atoms with van der Waals surface area (Å²) in [6, 6.07) is 5.58. The molecule has 0 saturated carbocycles. The minimum Gasteiger partial charge on any atom is -0.354 e. The third-order valence-corrected chi connectivity index (χ3v) is 4.60. The second kappa shape index (κ2) is 7.18. The zero-order valence-electron chi connectivity index (χ0n) is 12.7. The molecule has 0 radical (unpaired) electrons. The van der Waals surface area contributed by atoms with Crippen molar-refractivity contribution < 1.29 is 0 Å². The molecule has 0 atom stereocenters. The number of piperazine rings is 1. The van der Waals surface area contributed by atoms with Crippen molar-refractivity contribution in [1.82, 2.24) is 19.7 Å². The van der Waals surface area contributed by atoms with Gasteiger partial charge in [0, 0.05) is 32.4 Å². The van der Waals surface area contributed by atoms with Crippen LogP contribution in [-0.2, 0) is 6.67 Å². The number of hydrogen-bond donors (Lipinski definition) is 0. The van der Waals surface area contributed by atoms with Crippen molar-refractivity contribution in [3.63, 3.8) is 0 Å². The fourth-order valence-corrected chi connectivity index (χ4v) is 2.79. The average molecular weight is 365 g/mol. The number of hydrogen-bond acceptors (Lipinski definition) is 6. The maximum Gasteiger partial charge on any atom is 0.288 e. The van der Waals surface area contributed by atoms with Crippen molar-refractivity contribution >= 4 is 29.0 Å². The van der Waals surface area contributed by atoms with E-state index in [4.69, 9.17) is 28.5 Å². The Bertz CT molecular complexity index is 839. The molecule has 0 aromatic carbocycles. The summed E-state index contributed by atoms with van der Waals surface area (Å²) in [6.07, 6.45) is 3.01. The lowest BCUT2D eigenvalue weighted by Gasteiger charge is -2.35. The van der Waals surface area contributed by atoms with Gasteiger partial charge in [-0.15, -0.1) is 0 Å². The fraction of sp³-hybridized carbons (Fsp3) is 0.333. The van der Waals surface area contributed by atoms with Gasteiger partial charge in [0.05, 0.1) is 29.5 Å². The van der Waals surface area contributed by atoms with Crippen LogP contribution in [0.25, 0.3) is 0 Å². The molecule has 9 heteroatoms. The fourth-order valence-electron chi connectivity index (χ4n) is 2.51. The number of pyridine rings is 1. The molecule has 3 heterocycles. The molecule has 124 valence electrons. The van der Waals surface area contributed by atoms with E-state index in [1.54, 1.807) is 18.3 Å². The van der Waals surface area contributed by atoms with Crippen LogP contribution in [0.15, 0.2) is 29.3 Å². The molecule has 0 N–H and O–H groups in total. The van der Waals surface area contributed by atoms with Crippen LogP contribution in [-0.4, -0.2) is 45.8 Å². The Morgan fingerprint density at radius 3 is 2.71 bits per heavy atom. The van der Waals surface area contributed by atoms with E-state index in [2.05, 4.69) is 26.0 Å². The molecule has 24 heavy (non-hydrogen) atoms. The largest absolute Gasteiger partial charge is 0.354 e. The average Bonchev–Trinajstić information content (AvgIpc) is 2.63. The SMILES string of the molecule is N#Cc1ccnc(N2CCN(Cn3ncc(Cl)c(Cl)c3=O)CC2)c1. The van der Waals surface area contributed by atoms with E-state index in [0.29, 0.717) is 12.2 Å². The summed E-state index contributed by atoms with van der Waals surface area (Å²) >= 11 is 11.6. The van der Waals surface area contributed by atoms with Crippen molar-refractivity contribution in [1.29, 1.82) is 5.26 Å². The van der Waals surface area contributed by atoms with Gasteiger partial charge < -0.3 is 4.90 Å². The quantitative estimate of drug-likeness (QED) is 0.822. The first-order valence-corrected chi connectivity index (χ1v) is 8.08. The molecule has 2 aromatic heterocycles. The molecule has 2 aromatic rings. The minimum atomic E-state index is -0.394. The van der Waals surface area contributed by atoms with Crippen LogP contribution >= 0.6 is 23.2 Å². The topological polar surface area (TPSA) is 78.1 Å². The number of rotatable bonds is 3. The maximum atomic E-state index is 12.0. The summed E-state index contributed by atoms with van der Waals surface area (Å²) in [4.78, 5) is 20.6. The van der Waals surface area contributed by atoms with Crippen molar-refractivity contribution in [2.24, 2.45) is 0 Å². The van der Waals surface area contributed by atoms with Gasteiger partial charge in [0.25, 0.3) is 5.56 Å². The highest BCUT2D eigenvalue weighted by Crippen LogP contribution is 2.16. The monoisotopic (exact) mass is 364 g/mol. The Morgan fingerprint density at radius 1 is 1.25 bits per heavy atom. The van der Waals surface area contributed by atoms with Gasteiger partial charge in [-0.3, -0.25) is 9.69 Å². The van der Waals surface area contributed by atoms with Gasteiger partial charge in [-0.25, -0.2) is 9.67 Å². The van der Waals surface area contributed by atoms with Crippen molar-refractivity contribution in [2.75, 3.05) is 31.1 Å². The molecule has 0 bridgehead atoms. The summed E-state index contributed by atoms with van der Waals surface area (Å²) < 4.78 is 1.30. The molecule has 1 fully saturated rings. The number of nitrogens with zero attached hydrogens (tertiary/aromatic N) is 6. The highest BCUT2D eigenvalue weighted by molar-refractivity contribution is 6.41. The summed E-state index contributed by atoms with van der Waals surface area (Å²) in [5.41, 5.74) is 0.198. The van der Waals surface area contributed by atoms with Crippen molar-refractivity contribution in [2.45, 2.75) is 6.67 Å². The van der Waals surface area contributed by atoms with E-state index >= 15 is 0 Å². The van der Waals surface area contributed by atoms with Crippen LogP contribution in [0.2, 0.25) is 10.0 Å². The van der Waals surface area contributed by atoms with E-state index in [9.17, 15) is 4.79 Å². The predicted molar refractivity (Wildman–Crippen MR) is 91.3 cm³/mol. The molecule has 1 saturated heterocycles. The Hall–Kier alpha value is -2.14. The molecule has 3 rings (SSSR count). The normalized spacial score (nSPS) is 15.3. The van der Waals surface area contributed by atoms with Gasteiger partial charge in [0.2, 0.25) is 0 Å². The molecule has 0 unspecified atom stereocenters. The number of halogens is 2.